The molecule has 0 radical (unpaired) electrons. The van der Waals surface area contributed by atoms with Crippen LogP contribution in [0.25, 0.3) is 0 Å². The van der Waals surface area contributed by atoms with Crippen molar-refractivity contribution in [2.45, 2.75) is 350 Å². The molecule has 0 rings (SSSR count). The molecule has 0 spiro atoms. The summed E-state index contributed by atoms with van der Waals surface area (Å²) >= 11 is 0. The predicted molar refractivity (Wildman–Crippen MR) is 349 cm³/mol. The third-order valence-corrected chi connectivity index (χ3v) is 17.8. The zero-order valence-corrected chi connectivity index (χ0v) is 58.4. The number of hydrogen-bond donors (Lipinski definition) is 3. The Bertz CT molecular complexity index is 1730. The van der Waals surface area contributed by atoms with Crippen molar-refractivity contribution < 1.29 is 80.2 Å². The Morgan fingerprint density at radius 2 is 0.552 bits per heavy atom. The van der Waals surface area contributed by atoms with Gasteiger partial charge in [0.05, 0.1) is 26.4 Å². The van der Waals surface area contributed by atoms with Gasteiger partial charge in [0.15, 0.2) is 12.2 Å². The van der Waals surface area contributed by atoms with Gasteiger partial charge in [-0.15, -0.1) is 0 Å². The Kier molecular flexibility index (Phi) is 56.6. The van der Waals surface area contributed by atoms with Crippen LogP contribution in [0.3, 0.4) is 0 Å². The van der Waals surface area contributed by atoms with E-state index in [2.05, 4.69) is 55.4 Å². The number of esters is 4. The van der Waals surface area contributed by atoms with Crippen molar-refractivity contribution in [2.75, 3.05) is 39.6 Å². The highest BCUT2D eigenvalue weighted by molar-refractivity contribution is 7.47. The molecule has 0 aromatic carbocycles. The van der Waals surface area contributed by atoms with E-state index in [9.17, 15) is 43.2 Å². The van der Waals surface area contributed by atoms with E-state index < -0.39 is 97.5 Å². The number of carbonyl (C=O) groups excluding carboxylic acids is 4. The Morgan fingerprint density at radius 1 is 0.322 bits per heavy atom. The lowest BCUT2D eigenvalue weighted by Gasteiger charge is -2.21. The van der Waals surface area contributed by atoms with Crippen molar-refractivity contribution in [2.24, 2.45) is 23.7 Å². The fourth-order valence-electron chi connectivity index (χ4n) is 10.1. The van der Waals surface area contributed by atoms with Gasteiger partial charge in [0.25, 0.3) is 0 Å². The molecule has 17 nitrogen and oxygen atoms in total. The van der Waals surface area contributed by atoms with Gasteiger partial charge in [-0.2, -0.15) is 0 Å². The van der Waals surface area contributed by atoms with Gasteiger partial charge in [0.2, 0.25) is 0 Å². The number of rotatable bonds is 65. The molecule has 19 heteroatoms. The van der Waals surface area contributed by atoms with Crippen LogP contribution >= 0.6 is 15.6 Å². The maximum absolute atomic E-state index is 13.0. The van der Waals surface area contributed by atoms with Gasteiger partial charge in [-0.3, -0.25) is 37.3 Å². The standard InChI is InChI=1S/C68H132O17P2/c1-9-61(8)47-39-31-22-17-19-25-35-43-51-68(73)85-64(55-79-66(71)49-41-33-27-26-30-38-46-60(6)7)57-83-87(76,77)81-53-62(69)52-80-86(74,75)82-56-63(54-78-65(70)48-40-32-23-18-16-21-29-37-45-59(4)5)84-67(72)50-42-34-24-15-13-11-10-12-14-20-28-36-44-58(2)3/h58-64,69H,9-57H2,1-8H3,(H,74,75)(H,76,77)/t61?,62-,63-,64-/m1/s1. The van der Waals surface area contributed by atoms with E-state index in [1.54, 1.807) is 0 Å². The lowest BCUT2D eigenvalue weighted by atomic mass is 9.99. The number of aliphatic hydroxyl groups is 1. The van der Waals surface area contributed by atoms with Gasteiger partial charge in [0, 0.05) is 25.7 Å². The van der Waals surface area contributed by atoms with E-state index in [1.807, 2.05) is 0 Å². The third-order valence-electron chi connectivity index (χ3n) is 15.9. The van der Waals surface area contributed by atoms with Crippen LogP contribution < -0.4 is 0 Å². The van der Waals surface area contributed by atoms with E-state index in [0.717, 1.165) is 114 Å². The lowest BCUT2D eigenvalue weighted by Crippen LogP contribution is -2.30. The van der Waals surface area contributed by atoms with Crippen molar-refractivity contribution in [1.82, 2.24) is 0 Å². The first kappa shape index (κ1) is 85.1. The van der Waals surface area contributed by atoms with E-state index >= 15 is 0 Å². The van der Waals surface area contributed by atoms with Crippen LogP contribution in [0.4, 0.5) is 0 Å². The zero-order valence-electron chi connectivity index (χ0n) is 56.6. The third kappa shape index (κ3) is 61.3. The highest BCUT2D eigenvalue weighted by Gasteiger charge is 2.30. The minimum Gasteiger partial charge on any atom is -0.462 e. The zero-order chi connectivity index (χ0) is 64.7. The second-order valence-corrected chi connectivity index (χ2v) is 29.1. The van der Waals surface area contributed by atoms with Gasteiger partial charge in [-0.05, 0) is 49.4 Å². The van der Waals surface area contributed by atoms with E-state index in [1.165, 1.54) is 128 Å². The molecule has 0 amide bonds. The molecule has 0 heterocycles. The van der Waals surface area contributed by atoms with Crippen LogP contribution in [0.1, 0.15) is 331 Å². The molecule has 0 aliphatic rings. The van der Waals surface area contributed by atoms with Crippen LogP contribution in [0.5, 0.6) is 0 Å². The monoisotopic (exact) mass is 1280 g/mol. The summed E-state index contributed by atoms with van der Waals surface area (Å²) in [5.74, 6) is 0.817. The summed E-state index contributed by atoms with van der Waals surface area (Å²) in [5, 5.41) is 10.6. The Morgan fingerprint density at radius 3 is 0.816 bits per heavy atom. The topological polar surface area (TPSA) is 237 Å². The van der Waals surface area contributed by atoms with Gasteiger partial charge in [0.1, 0.15) is 19.3 Å². The Hall–Kier alpha value is -1.94. The van der Waals surface area contributed by atoms with Crippen molar-refractivity contribution in [3.63, 3.8) is 0 Å². The van der Waals surface area contributed by atoms with Crippen LogP contribution in [0, 0.1) is 23.7 Å². The molecule has 0 aliphatic carbocycles. The molecule has 0 aromatic rings. The molecule has 0 saturated heterocycles. The molecule has 0 aliphatic heterocycles. The first-order valence-corrected chi connectivity index (χ1v) is 38.2. The molecular weight excluding hydrogens is 1150 g/mol. The number of phosphoric acid groups is 2. The summed E-state index contributed by atoms with van der Waals surface area (Å²) in [5.41, 5.74) is 0. The SMILES string of the molecule is CCC(C)CCCCCCCCCCC(=O)O[C@H](COC(=O)CCCCCCCCC(C)C)COP(=O)(O)OC[C@H](O)COP(=O)(O)OC[C@@H](COC(=O)CCCCCCCCCCC(C)C)OC(=O)CCCCCCCCCCCCCCC(C)C. The molecule has 3 N–H and O–H groups in total. The van der Waals surface area contributed by atoms with Gasteiger partial charge >= 0.3 is 39.5 Å². The Balaban J connectivity index is 5.25. The minimum atomic E-state index is -4.95. The second-order valence-electron chi connectivity index (χ2n) is 26.2. The maximum atomic E-state index is 13.0. The minimum absolute atomic E-state index is 0.103. The van der Waals surface area contributed by atoms with E-state index in [-0.39, 0.29) is 25.7 Å². The Labute approximate surface area is 530 Å². The lowest BCUT2D eigenvalue weighted by molar-refractivity contribution is -0.161. The summed E-state index contributed by atoms with van der Waals surface area (Å²) in [4.78, 5) is 72.4. The van der Waals surface area contributed by atoms with Crippen molar-refractivity contribution in [1.29, 1.82) is 0 Å². The highest BCUT2D eigenvalue weighted by Crippen LogP contribution is 2.45. The fourth-order valence-corrected chi connectivity index (χ4v) is 11.7. The molecule has 0 fully saturated rings. The summed E-state index contributed by atoms with van der Waals surface area (Å²) in [7, 11) is -9.90. The second kappa shape index (κ2) is 57.9. The fraction of sp³-hybridized carbons (Fsp3) is 0.941. The number of unbranched alkanes of at least 4 members (excludes halogenated alkanes) is 30. The summed E-state index contributed by atoms with van der Waals surface area (Å²) in [6.07, 6.45) is 39.0. The number of phosphoric ester groups is 2. The molecule has 87 heavy (non-hydrogen) atoms. The van der Waals surface area contributed by atoms with Gasteiger partial charge < -0.3 is 33.8 Å². The van der Waals surface area contributed by atoms with E-state index in [0.29, 0.717) is 31.6 Å². The summed E-state index contributed by atoms with van der Waals surface area (Å²) < 4.78 is 68.2. The molecule has 0 bridgehead atoms. The molecule has 0 aromatic heterocycles. The average molecular weight is 1280 g/mol. The van der Waals surface area contributed by atoms with Crippen LogP contribution in [-0.4, -0.2) is 96.7 Å². The smallest absolute Gasteiger partial charge is 0.462 e. The quantitative estimate of drug-likeness (QED) is 0.0222. The molecule has 516 valence electrons. The van der Waals surface area contributed by atoms with Crippen LogP contribution in [-0.2, 0) is 65.4 Å². The number of aliphatic hydroxyl groups excluding tert-OH is 1. The van der Waals surface area contributed by atoms with E-state index in [4.69, 9.17) is 37.0 Å². The number of carbonyl (C=O) groups is 4. The summed E-state index contributed by atoms with van der Waals surface area (Å²) in [6, 6.07) is 0. The number of hydrogen-bond acceptors (Lipinski definition) is 15. The van der Waals surface area contributed by atoms with Gasteiger partial charge in [-0.25, -0.2) is 9.13 Å². The normalized spacial score (nSPS) is 14.6. The van der Waals surface area contributed by atoms with Crippen molar-refractivity contribution >= 4 is 39.5 Å². The number of ether oxygens (including phenoxy) is 4. The predicted octanol–water partition coefficient (Wildman–Crippen LogP) is 18.9. The molecule has 3 unspecified atom stereocenters. The average Bonchev–Trinajstić information content (AvgIpc) is 3.67. The molecule has 0 saturated carbocycles. The maximum Gasteiger partial charge on any atom is 0.472 e. The first-order valence-electron chi connectivity index (χ1n) is 35.2. The largest absolute Gasteiger partial charge is 0.472 e. The van der Waals surface area contributed by atoms with Gasteiger partial charge in [-0.1, -0.05) is 280 Å². The summed E-state index contributed by atoms with van der Waals surface area (Å²) in [6.45, 7) is 14.0. The molecular formula is C68H132O17P2. The highest BCUT2D eigenvalue weighted by atomic mass is 31.2. The van der Waals surface area contributed by atoms with Crippen molar-refractivity contribution in [3.05, 3.63) is 0 Å². The van der Waals surface area contributed by atoms with Crippen LogP contribution in [0.15, 0.2) is 0 Å². The van der Waals surface area contributed by atoms with Crippen molar-refractivity contribution in [3.8, 4) is 0 Å². The molecule has 6 atom stereocenters. The van der Waals surface area contributed by atoms with Crippen LogP contribution in [0.2, 0.25) is 0 Å². The first-order chi connectivity index (χ1) is 41.6.